The van der Waals surface area contributed by atoms with Crippen LogP contribution in [0.3, 0.4) is 0 Å². The second-order valence-corrected chi connectivity index (χ2v) is 12.0. The number of carbonyl (C=O) groups excluding carboxylic acids is 2. The van der Waals surface area contributed by atoms with Crippen LogP contribution in [-0.2, 0) is 11.2 Å². The molecule has 4 atom stereocenters. The number of rotatable bonds is 6. The number of aromatic nitrogens is 2. The molecule has 2 aromatic rings. The SMILES string of the molecule is C=CC(=O)N1CCN(c2nc(OCC3CCCN3C)nc3c2CCC2(COc4ccccc4C2C)C3=O)CC1CC#N. The molecule has 0 radical (unpaired) electrons. The zero-order chi connectivity index (χ0) is 29.4. The van der Waals surface area contributed by atoms with Crippen LogP contribution < -0.4 is 14.4 Å². The number of nitriles is 1. The van der Waals surface area contributed by atoms with Crippen molar-refractivity contribution in [1.82, 2.24) is 19.8 Å². The number of ketones is 1. The molecule has 2 saturated heterocycles. The number of likely N-dealkylation sites (N-methyl/N-ethyl adjacent to an activating group) is 1. The van der Waals surface area contributed by atoms with Gasteiger partial charge in [-0.1, -0.05) is 31.7 Å². The molecule has 2 fully saturated rings. The largest absolute Gasteiger partial charge is 0.492 e. The second kappa shape index (κ2) is 11.4. The third kappa shape index (κ3) is 4.79. The summed E-state index contributed by atoms with van der Waals surface area (Å²) in [5.41, 5.74) is 1.52. The summed E-state index contributed by atoms with van der Waals surface area (Å²) in [5, 5.41) is 9.51. The van der Waals surface area contributed by atoms with Gasteiger partial charge < -0.3 is 24.2 Å². The van der Waals surface area contributed by atoms with E-state index in [1.165, 1.54) is 6.08 Å². The van der Waals surface area contributed by atoms with Crippen molar-refractivity contribution in [2.75, 3.05) is 51.3 Å². The molecule has 0 saturated carbocycles. The van der Waals surface area contributed by atoms with Crippen LogP contribution in [0.4, 0.5) is 5.82 Å². The fraction of sp³-hybridized carbons (Fsp3) is 0.531. The lowest BCUT2D eigenvalue weighted by molar-refractivity contribution is -0.128. The average Bonchev–Trinajstić information content (AvgIpc) is 3.43. The molecule has 4 aliphatic rings. The lowest BCUT2D eigenvalue weighted by Gasteiger charge is -2.45. The highest BCUT2D eigenvalue weighted by molar-refractivity contribution is 6.03. The highest BCUT2D eigenvalue weighted by Crippen LogP contribution is 2.52. The number of benzene rings is 1. The van der Waals surface area contributed by atoms with Gasteiger partial charge in [0.05, 0.1) is 23.9 Å². The van der Waals surface area contributed by atoms with Crippen molar-refractivity contribution in [1.29, 1.82) is 5.26 Å². The summed E-state index contributed by atoms with van der Waals surface area (Å²) in [4.78, 5) is 42.8. The van der Waals surface area contributed by atoms with Crippen molar-refractivity contribution >= 4 is 17.5 Å². The van der Waals surface area contributed by atoms with Gasteiger partial charge in [0.25, 0.3) is 0 Å². The fourth-order valence-corrected chi connectivity index (χ4v) is 7.14. The first-order chi connectivity index (χ1) is 20.4. The molecule has 4 heterocycles. The highest BCUT2D eigenvalue weighted by Gasteiger charge is 2.52. The number of Topliss-reactive ketones (excluding diaryl/α,β-unsaturated/α-hetero) is 1. The smallest absolute Gasteiger partial charge is 0.319 e. The summed E-state index contributed by atoms with van der Waals surface area (Å²) < 4.78 is 12.4. The minimum atomic E-state index is -0.728. The van der Waals surface area contributed by atoms with Crippen LogP contribution in [-0.4, -0.2) is 90.0 Å². The zero-order valence-electron chi connectivity index (χ0n) is 24.4. The predicted molar refractivity (Wildman–Crippen MR) is 157 cm³/mol. The number of anilines is 1. The molecule has 1 amide bonds. The molecule has 0 N–H and O–H groups in total. The van der Waals surface area contributed by atoms with E-state index in [0.29, 0.717) is 57.2 Å². The first-order valence-electron chi connectivity index (χ1n) is 14.9. The first kappa shape index (κ1) is 28.2. The Kier molecular flexibility index (Phi) is 7.62. The van der Waals surface area contributed by atoms with Gasteiger partial charge in [-0.15, -0.1) is 0 Å². The topological polar surface area (TPSA) is 112 Å². The van der Waals surface area contributed by atoms with Crippen molar-refractivity contribution < 1.29 is 19.1 Å². The Morgan fingerprint density at radius 1 is 1.26 bits per heavy atom. The van der Waals surface area contributed by atoms with Crippen LogP contribution in [0.5, 0.6) is 11.8 Å². The number of hydrogen-bond acceptors (Lipinski definition) is 9. The standard InChI is InChI=1S/C32H38N6O4/c1-4-27(39)38-17-16-37(18-22(38)12-14-33)30-25-11-13-32(20-42-26-10-6-5-9-24(26)21(32)2)29(40)28(25)34-31(35-30)41-19-23-8-7-15-36(23)3/h4-6,9-10,21-23H,1,7-8,11-13,15-20H2,2-3H3. The van der Waals surface area contributed by atoms with Crippen LogP contribution in [0.1, 0.15) is 60.1 Å². The lowest BCUT2D eigenvalue weighted by Crippen LogP contribution is -2.55. The predicted octanol–water partition coefficient (Wildman–Crippen LogP) is 3.38. The third-order valence-electron chi connectivity index (χ3n) is 9.80. The molecular formula is C32H38N6O4. The zero-order valence-corrected chi connectivity index (χ0v) is 24.4. The van der Waals surface area contributed by atoms with Gasteiger partial charge in [0.2, 0.25) is 5.91 Å². The molecule has 10 nitrogen and oxygen atoms in total. The maximum absolute atomic E-state index is 14.5. The minimum absolute atomic E-state index is 0.0357. The molecule has 6 rings (SSSR count). The molecule has 1 aliphatic carbocycles. The van der Waals surface area contributed by atoms with Gasteiger partial charge in [-0.2, -0.15) is 15.2 Å². The van der Waals surface area contributed by atoms with E-state index < -0.39 is 5.41 Å². The summed E-state index contributed by atoms with van der Waals surface area (Å²) in [6, 6.07) is 10.3. The molecule has 220 valence electrons. The molecular weight excluding hydrogens is 532 g/mol. The summed E-state index contributed by atoms with van der Waals surface area (Å²) in [5.74, 6) is 1.24. The van der Waals surface area contributed by atoms with E-state index >= 15 is 0 Å². The minimum Gasteiger partial charge on any atom is -0.492 e. The highest BCUT2D eigenvalue weighted by atomic mass is 16.5. The maximum Gasteiger partial charge on any atom is 0.319 e. The van der Waals surface area contributed by atoms with E-state index in [2.05, 4.69) is 36.4 Å². The van der Waals surface area contributed by atoms with Crippen LogP contribution in [0.25, 0.3) is 0 Å². The van der Waals surface area contributed by atoms with Crippen molar-refractivity contribution in [3.8, 4) is 17.8 Å². The molecule has 0 bridgehead atoms. The van der Waals surface area contributed by atoms with E-state index in [4.69, 9.17) is 19.4 Å². The van der Waals surface area contributed by atoms with Gasteiger partial charge in [0.15, 0.2) is 5.78 Å². The molecule has 42 heavy (non-hydrogen) atoms. The van der Waals surface area contributed by atoms with E-state index in [0.717, 1.165) is 36.3 Å². The van der Waals surface area contributed by atoms with Crippen molar-refractivity contribution in [3.05, 3.63) is 53.7 Å². The average molecular weight is 571 g/mol. The van der Waals surface area contributed by atoms with Crippen LogP contribution in [0, 0.1) is 16.7 Å². The number of piperazine rings is 1. The summed E-state index contributed by atoms with van der Waals surface area (Å²) in [7, 11) is 2.09. The molecule has 1 aromatic carbocycles. The lowest BCUT2D eigenvalue weighted by atomic mass is 9.62. The maximum atomic E-state index is 14.5. The van der Waals surface area contributed by atoms with Crippen molar-refractivity contribution in [3.63, 3.8) is 0 Å². The van der Waals surface area contributed by atoms with Crippen molar-refractivity contribution in [2.45, 2.75) is 57.0 Å². The molecule has 4 unspecified atom stereocenters. The Morgan fingerprint density at radius 3 is 2.86 bits per heavy atom. The normalized spacial score (nSPS) is 27.2. The van der Waals surface area contributed by atoms with E-state index in [9.17, 15) is 14.9 Å². The number of nitrogens with zero attached hydrogens (tertiary/aromatic N) is 6. The van der Waals surface area contributed by atoms with Gasteiger partial charge in [0.1, 0.15) is 30.5 Å². The Balaban J connectivity index is 1.37. The summed E-state index contributed by atoms with van der Waals surface area (Å²) >= 11 is 0. The molecule has 10 heteroatoms. The number of ether oxygens (including phenoxy) is 2. The third-order valence-corrected chi connectivity index (χ3v) is 9.80. The Bertz CT molecular complexity index is 1440. The first-order valence-corrected chi connectivity index (χ1v) is 14.9. The Labute approximate surface area is 246 Å². The molecule has 3 aliphatic heterocycles. The number of amides is 1. The van der Waals surface area contributed by atoms with E-state index in [1.807, 2.05) is 24.3 Å². The van der Waals surface area contributed by atoms with E-state index in [-0.39, 0.29) is 42.1 Å². The number of para-hydroxylation sites is 1. The van der Waals surface area contributed by atoms with Gasteiger partial charge >= 0.3 is 6.01 Å². The Morgan fingerprint density at radius 2 is 2.10 bits per heavy atom. The van der Waals surface area contributed by atoms with Gasteiger partial charge in [-0.25, -0.2) is 0 Å². The van der Waals surface area contributed by atoms with Gasteiger partial charge in [0, 0.05) is 37.2 Å². The Hall–Kier alpha value is -3.97. The van der Waals surface area contributed by atoms with Gasteiger partial charge in [-0.3, -0.25) is 9.59 Å². The number of likely N-dealkylation sites (tertiary alicyclic amines) is 1. The van der Waals surface area contributed by atoms with Crippen LogP contribution in [0.15, 0.2) is 36.9 Å². The number of hydrogen-bond donors (Lipinski definition) is 0. The molecule has 1 aromatic heterocycles. The van der Waals surface area contributed by atoms with Crippen LogP contribution >= 0.6 is 0 Å². The number of fused-ring (bicyclic) bond motifs is 2. The summed E-state index contributed by atoms with van der Waals surface area (Å²) in [6.07, 6.45) is 4.88. The van der Waals surface area contributed by atoms with Crippen LogP contribution in [0.2, 0.25) is 0 Å². The quantitative estimate of drug-likeness (QED) is 0.483. The van der Waals surface area contributed by atoms with Gasteiger partial charge in [-0.05, 0) is 57.0 Å². The van der Waals surface area contributed by atoms with Crippen molar-refractivity contribution in [2.24, 2.45) is 5.41 Å². The monoisotopic (exact) mass is 570 g/mol. The fourth-order valence-electron chi connectivity index (χ4n) is 7.14. The van der Waals surface area contributed by atoms with E-state index in [1.54, 1.807) is 4.90 Å². The molecule has 1 spiro atoms. The number of carbonyl (C=O) groups is 2. The summed E-state index contributed by atoms with van der Waals surface area (Å²) in [6.45, 7) is 8.89. The second-order valence-electron chi connectivity index (χ2n) is 12.0.